The van der Waals surface area contributed by atoms with Gasteiger partial charge in [-0.2, -0.15) is 0 Å². The molecule has 0 aromatic heterocycles. The topological polar surface area (TPSA) is 46.5 Å². The van der Waals surface area contributed by atoms with Crippen LogP contribution in [0.4, 0.5) is 0 Å². The Kier molecular flexibility index (Phi) is 4.76. The van der Waals surface area contributed by atoms with Crippen LogP contribution in [0.25, 0.3) is 0 Å². The zero-order valence-electron chi connectivity index (χ0n) is 11.6. The number of para-hydroxylation sites is 1. The van der Waals surface area contributed by atoms with Crippen LogP contribution in [0.5, 0.6) is 5.75 Å². The Balaban J connectivity index is 2.66. The Morgan fingerprint density at radius 1 is 1.33 bits per heavy atom. The van der Waals surface area contributed by atoms with Crippen LogP contribution in [-0.4, -0.2) is 17.7 Å². The molecule has 0 aliphatic rings. The van der Waals surface area contributed by atoms with Crippen molar-refractivity contribution in [1.29, 1.82) is 0 Å². The maximum atomic E-state index is 10.7. The minimum atomic E-state index is -0.775. The molecule has 0 aliphatic carbocycles. The number of carbonyl (C=O) groups is 1. The molecule has 0 saturated carbocycles. The number of carboxylic acids is 1. The van der Waals surface area contributed by atoms with E-state index in [4.69, 9.17) is 9.84 Å². The summed E-state index contributed by atoms with van der Waals surface area (Å²) < 4.78 is 5.72. The zero-order valence-corrected chi connectivity index (χ0v) is 11.6. The molecule has 1 unspecified atom stereocenters. The maximum Gasteiger partial charge on any atom is 0.306 e. The molecule has 1 aromatic carbocycles. The Bertz CT molecular complexity index is 404. The fourth-order valence-corrected chi connectivity index (χ4v) is 1.68. The lowest BCUT2D eigenvalue weighted by molar-refractivity contribution is -0.141. The fraction of sp³-hybridized carbons (Fsp3) is 0.533. The molecule has 0 fully saturated rings. The van der Waals surface area contributed by atoms with E-state index < -0.39 is 5.97 Å². The van der Waals surface area contributed by atoms with Gasteiger partial charge in [-0.15, -0.1) is 0 Å². The summed E-state index contributed by atoms with van der Waals surface area (Å²) in [5.41, 5.74) is 1.17. The largest absolute Gasteiger partial charge is 0.493 e. The van der Waals surface area contributed by atoms with Gasteiger partial charge in [-0.25, -0.2) is 0 Å². The van der Waals surface area contributed by atoms with Crippen LogP contribution in [0.3, 0.4) is 0 Å². The van der Waals surface area contributed by atoms with E-state index in [1.165, 1.54) is 0 Å². The van der Waals surface area contributed by atoms with E-state index >= 15 is 0 Å². The van der Waals surface area contributed by atoms with Crippen molar-refractivity contribution in [2.75, 3.05) is 6.61 Å². The van der Waals surface area contributed by atoms with Crippen molar-refractivity contribution in [2.45, 2.75) is 39.5 Å². The molecule has 3 heteroatoms. The van der Waals surface area contributed by atoms with Crippen molar-refractivity contribution in [3.8, 4) is 5.75 Å². The molecular weight excluding hydrogens is 228 g/mol. The standard InChI is InChI=1S/C15H22O3/c1-11(14(16)17)9-10-18-13-8-6-5-7-12(13)15(2,3)4/h5-8,11H,9-10H2,1-4H3,(H,16,17). The van der Waals surface area contributed by atoms with E-state index in [2.05, 4.69) is 26.8 Å². The average Bonchev–Trinajstić information content (AvgIpc) is 2.28. The van der Waals surface area contributed by atoms with Crippen LogP contribution < -0.4 is 4.74 Å². The summed E-state index contributed by atoms with van der Waals surface area (Å²) in [4.78, 5) is 10.7. The Morgan fingerprint density at radius 2 is 1.94 bits per heavy atom. The molecule has 0 bridgehead atoms. The molecule has 3 nitrogen and oxygen atoms in total. The Morgan fingerprint density at radius 3 is 2.50 bits per heavy atom. The van der Waals surface area contributed by atoms with Crippen molar-refractivity contribution >= 4 is 5.97 Å². The Hall–Kier alpha value is -1.51. The van der Waals surface area contributed by atoms with E-state index in [-0.39, 0.29) is 11.3 Å². The van der Waals surface area contributed by atoms with E-state index in [9.17, 15) is 4.79 Å². The molecule has 0 radical (unpaired) electrons. The third kappa shape index (κ3) is 4.06. The number of aliphatic carboxylic acids is 1. The maximum absolute atomic E-state index is 10.7. The van der Waals surface area contributed by atoms with Gasteiger partial charge in [-0.3, -0.25) is 4.79 Å². The highest BCUT2D eigenvalue weighted by atomic mass is 16.5. The van der Waals surface area contributed by atoms with Crippen LogP contribution in [0.1, 0.15) is 39.7 Å². The first-order valence-electron chi connectivity index (χ1n) is 6.27. The first kappa shape index (κ1) is 14.6. The molecule has 1 rings (SSSR count). The van der Waals surface area contributed by atoms with Crippen LogP contribution in [-0.2, 0) is 10.2 Å². The second-order valence-electron chi connectivity index (χ2n) is 5.62. The number of benzene rings is 1. The molecule has 100 valence electrons. The molecule has 1 atom stereocenters. The smallest absolute Gasteiger partial charge is 0.306 e. The second-order valence-corrected chi connectivity index (χ2v) is 5.62. The molecular formula is C15H22O3. The molecule has 18 heavy (non-hydrogen) atoms. The van der Waals surface area contributed by atoms with Crippen molar-refractivity contribution in [3.63, 3.8) is 0 Å². The first-order valence-corrected chi connectivity index (χ1v) is 6.27. The van der Waals surface area contributed by atoms with E-state index in [0.29, 0.717) is 13.0 Å². The highest BCUT2D eigenvalue weighted by molar-refractivity contribution is 5.69. The summed E-state index contributed by atoms with van der Waals surface area (Å²) in [6.07, 6.45) is 0.522. The molecule has 0 spiro atoms. The highest BCUT2D eigenvalue weighted by Gasteiger charge is 2.18. The average molecular weight is 250 g/mol. The summed E-state index contributed by atoms with van der Waals surface area (Å²) in [5, 5.41) is 8.81. The van der Waals surface area contributed by atoms with E-state index in [0.717, 1.165) is 11.3 Å². The first-order chi connectivity index (χ1) is 8.32. The second kappa shape index (κ2) is 5.89. The van der Waals surface area contributed by atoms with Crippen LogP contribution in [0.2, 0.25) is 0 Å². The number of hydrogen-bond donors (Lipinski definition) is 1. The van der Waals surface area contributed by atoms with Crippen molar-refractivity contribution in [1.82, 2.24) is 0 Å². The summed E-state index contributed by atoms with van der Waals surface area (Å²) >= 11 is 0. The van der Waals surface area contributed by atoms with E-state index in [1.54, 1.807) is 6.92 Å². The third-order valence-corrected chi connectivity index (χ3v) is 2.93. The van der Waals surface area contributed by atoms with Gasteiger partial charge in [0, 0.05) is 0 Å². The molecule has 0 amide bonds. The van der Waals surface area contributed by atoms with Gasteiger partial charge in [-0.1, -0.05) is 45.9 Å². The van der Waals surface area contributed by atoms with Gasteiger partial charge in [0.25, 0.3) is 0 Å². The zero-order chi connectivity index (χ0) is 13.8. The lowest BCUT2D eigenvalue weighted by Gasteiger charge is -2.22. The minimum absolute atomic E-state index is 0.0228. The molecule has 1 N–H and O–H groups in total. The lowest BCUT2D eigenvalue weighted by Crippen LogP contribution is -2.16. The summed E-state index contributed by atoms with van der Waals surface area (Å²) in [5.74, 6) is -0.294. The number of hydrogen-bond acceptors (Lipinski definition) is 2. The van der Waals surface area contributed by atoms with Gasteiger partial charge < -0.3 is 9.84 Å². The van der Waals surface area contributed by atoms with Crippen LogP contribution >= 0.6 is 0 Å². The van der Waals surface area contributed by atoms with Gasteiger partial charge in [0.15, 0.2) is 0 Å². The fourth-order valence-electron chi connectivity index (χ4n) is 1.68. The molecule has 1 aromatic rings. The van der Waals surface area contributed by atoms with Crippen molar-refractivity contribution in [3.05, 3.63) is 29.8 Å². The summed E-state index contributed by atoms with van der Waals surface area (Å²) in [6, 6.07) is 7.92. The van der Waals surface area contributed by atoms with Gasteiger partial charge in [0.05, 0.1) is 12.5 Å². The lowest BCUT2D eigenvalue weighted by atomic mass is 9.86. The molecule has 0 saturated heterocycles. The van der Waals surface area contributed by atoms with Crippen LogP contribution in [0, 0.1) is 5.92 Å². The third-order valence-electron chi connectivity index (χ3n) is 2.93. The number of rotatable bonds is 5. The van der Waals surface area contributed by atoms with Gasteiger partial charge in [0.2, 0.25) is 0 Å². The normalized spacial score (nSPS) is 13.1. The van der Waals surface area contributed by atoms with Crippen molar-refractivity contribution in [2.24, 2.45) is 5.92 Å². The monoisotopic (exact) mass is 250 g/mol. The Labute approximate surface area is 109 Å². The molecule has 0 heterocycles. The van der Waals surface area contributed by atoms with Gasteiger partial charge >= 0.3 is 5.97 Å². The highest BCUT2D eigenvalue weighted by Crippen LogP contribution is 2.31. The predicted molar refractivity (Wildman–Crippen MR) is 72.1 cm³/mol. The number of ether oxygens (including phenoxy) is 1. The minimum Gasteiger partial charge on any atom is -0.493 e. The summed E-state index contributed by atoms with van der Waals surface area (Å²) in [6.45, 7) is 8.53. The SMILES string of the molecule is CC(CCOc1ccccc1C(C)(C)C)C(=O)O. The number of carboxylic acid groups (broad SMARTS) is 1. The van der Waals surface area contributed by atoms with Crippen LogP contribution in [0.15, 0.2) is 24.3 Å². The van der Waals surface area contributed by atoms with Gasteiger partial charge in [-0.05, 0) is 23.5 Å². The summed E-state index contributed by atoms with van der Waals surface area (Å²) in [7, 11) is 0. The molecule has 0 aliphatic heterocycles. The van der Waals surface area contributed by atoms with E-state index in [1.807, 2.05) is 18.2 Å². The quantitative estimate of drug-likeness (QED) is 0.870. The van der Waals surface area contributed by atoms with Crippen molar-refractivity contribution < 1.29 is 14.6 Å². The predicted octanol–water partition coefficient (Wildman–Crippen LogP) is 3.47. The van der Waals surface area contributed by atoms with Gasteiger partial charge in [0.1, 0.15) is 5.75 Å².